The summed E-state index contributed by atoms with van der Waals surface area (Å²) in [5.74, 6) is 0.302. The van der Waals surface area contributed by atoms with E-state index in [1.54, 1.807) is 4.90 Å². The minimum absolute atomic E-state index is 0.00206. The summed E-state index contributed by atoms with van der Waals surface area (Å²) in [6.07, 6.45) is 2.15. The Morgan fingerprint density at radius 3 is 2.88 bits per heavy atom. The van der Waals surface area contributed by atoms with Crippen LogP contribution in [0.1, 0.15) is 31.2 Å². The second-order valence-corrected chi connectivity index (χ2v) is 7.76. The quantitative estimate of drug-likeness (QED) is 0.867. The molecule has 0 bridgehead atoms. The van der Waals surface area contributed by atoms with Crippen molar-refractivity contribution < 1.29 is 14.3 Å². The summed E-state index contributed by atoms with van der Waals surface area (Å²) in [7, 11) is 0. The molecule has 4 rings (SSSR count). The number of ether oxygens (including phenoxy) is 1. The molecule has 2 heterocycles. The van der Waals surface area contributed by atoms with Gasteiger partial charge in [-0.2, -0.15) is 4.37 Å². The van der Waals surface area contributed by atoms with Crippen LogP contribution in [-0.4, -0.2) is 45.3 Å². The van der Waals surface area contributed by atoms with Gasteiger partial charge in [-0.15, -0.1) is 0 Å². The fraction of sp³-hybridized carbons (Fsp3) is 0.444. The highest BCUT2D eigenvalue weighted by Gasteiger charge is 2.43. The van der Waals surface area contributed by atoms with Crippen molar-refractivity contribution >= 4 is 28.5 Å². The van der Waals surface area contributed by atoms with E-state index in [0.717, 1.165) is 24.2 Å². The highest BCUT2D eigenvalue weighted by Crippen LogP contribution is 2.46. The third-order valence-electron chi connectivity index (χ3n) is 4.89. The van der Waals surface area contributed by atoms with Gasteiger partial charge in [0, 0.05) is 23.5 Å². The largest absolute Gasteiger partial charge is 0.369 e. The third kappa shape index (κ3) is 3.47. The van der Waals surface area contributed by atoms with E-state index in [9.17, 15) is 9.59 Å². The molecule has 2 aromatic rings. The van der Waals surface area contributed by atoms with Crippen LogP contribution in [0.3, 0.4) is 0 Å². The lowest BCUT2D eigenvalue weighted by molar-refractivity contribution is -0.154. The van der Waals surface area contributed by atoms with E-state index in [4.69, 9.17) is 4.74 Å². The van der Waals surface area contributed by atoms with E-state index in [-0.39, 0.29) is 30.4 Å². The van der Waals surface area contributed by atoms with Crippen LogP contribution in [0.5, 0.6) is 0 Å². The standard InChI is InChI=1S/C18H20N4O3S/c1-18(7-8-18)16-20-17(26-21-16)19-15(24)13-10-25-11-14(23)22(13)9-12-5-3-2-4-6-12/h2-6,13H,7-11H2,1H3,(H,19,20,21,24)/t13-/m1/s1. The van der Waals surface area contributed by atoms with Crippen molar-refractivity contribution in [1.82, 2.24) is 14.3 Å². The Morgan fingerprint density at radius 2 is 2.15 bits per heavy atom. The normalized spacial score (nSPS) is 21.5. The zero-order valence-electron chi connectivity index (χ0n) is 14.5. The van der Waals surface area contributed by atoms with Gasteiger partial charge in [-0.05, 0) is 18.4 Å². The molecule has 2 fully saturated rings. The number of morpholine rings is 1. The van der Waals surface area contributed by atoms with Crippen molar-refractivity contribution in [2.75, 3.05) is 18.5 Å². The number of nitrogens with zero attached hydrogens (tertiary/aromatic N) is 3. The number of carbonyl (C=O) groups excluding carboxylic acids is 2. The van der Waals surface area contributed by atoms with E-state index in [0.29, 0.717) is 11.7 Å². The highest BCUT2D eigenvalue weighted by molar-refractivity contribution is 7.09. The molecule has 1 aliphatic carbocycles. The van der Waals surface area contributed by atoms with Crippen LogP contribution in [0.25, 0.3) is 0 Å². The van der Waals surface area contributed by atoms with Crippen molar-refractivity contribution in [2.24, 2.45) is 0 Å². The van der Waals surface area contributed by atoms with Gasteiger partial charge in [0.05, 0.1) is 6.61 Å². The summed E-state index contributed by atoms with van der Waals surface area (Å²) < 4.78 is 9.66. The number of hydrogen-bond acceptors (Lipinski definition) is 6. The van der Waals surface area contributed by atoms with Gasteiger partial charge in [0.2, 0.25) is 11.0 Å². The van der Waals surface area contributed by atoms with E-state index in [1.165, 1.54) is 11.5 Å². The van der Waals surface area contributed by atoms with Crippen LogP contribution >= 0.6 is 11.5 Å². The Balaban J connectivity index is 1.47. The van der Waals surface area contributed by atoms with Crippen LogP contribution in [0.15, 0.2) is 30.3 Å². The van der Waals surface area contributed by atoms with Crippen LogP contribution in [0.4, 0.5) is 5.13 Å². The number of aromatic nitrogens is 2. The molecule has 0 unspecified atom stereocenters. The minimum atomic E-state index is -0.680. The Hall–Kier alpha value is -2.32. The Kier molecular flexibility index (Phi) is 4.46. The summed E-state index contributed by atoms with van der Waals surface area (Å²) >= 11 is 1.18. The van der Waals surface area contributed by atoms with Crippen molar-refractivity contribution in [3.63, 3.8) is 0 Å². The summed E-state index contributed by atoms with van der Waals surface area (Å²) in [6.45, 7) is 2.67. The molecule has 1 saturated carbocycles. The molecule has 1 aromatic heterocycles. The van der Waals surface area contributed by atoms with Gasteiger partial charge >= 0.3 is 0 Å². The lowest BCUT2D eigenvalue weighted by Crippen LogP contribution is -2.54. The highest BCUT2D eigenvalue weighted by atomic mass is 32.1. The molecular formula is C18H20N4O3S. The maximum Gasteiger partial charge on any atom is 0.251 e. The number of anilines is 1. The summed E-state index contributed by atoms with van der Waals surface area (Å²) in [4.78, 5) is 31.1. The van der Waals surface area contributed by atoms with E-state index < -0.39 is 6.04 Å². The first-order chi connectivity index (χ1) is 12.5. The van der Waals surface area contributed by atoms with Crippen molar-refractivity contribution in [3.8, 4) is 0 Å². The van der Waals surface area contributed by atoms with Gasteiger partial charge in [0.1, 0.15) is 12.6 Å². The summed E-state index contributed by atoms with van der Waals surface area (Å²) in [5.41, 5.74) is 1.03. The van der Waals surface area contributed by atoms with Crippen LogP contribution in [0.2, 0.25) is 0 Å². The number of nitrogens with one attached hydrogen (secondary N) is 1. The smallest absolute Gasteiger partial charge is 0.251 e. The van der Waals surface area contributed by atoms with Crippen molar-refractivity contribution in [2.45, 2.75) is 37.8 Å². The maximum atomic E-state index is 12.7. The lowest BCUT2D eigenvalue weighted by atomic mass is 10.1. The Labute approximate surface area is 155 Å². The Morgan fingerprint density at radius 1 is 1.38 bits per heavy atom. The SMILES string of the molecule is CC1(c2nsc(NC(=O)[C@H]3COCC(=O)N3Cc3ccccc3)n2)CC1. The van der Waals surface area contributed by atoms with Crippen LogP contribution in [-0.2, 0) is 26.3 Å². The van der Waals surface area contributed by atoms with Crippen molar-refractivity contribution in [3.05, 3.63) is 41.7 Å². The maximum absolute atomic E-state index is 12.7. The zero-order valence-corrected chi connectivity index (χ0v) is 15.3. The Bertz CT molecular complexity index is 819. The van der Waals surface area contributed by atoms with E-state index >= 15 is 0 Å². The van der Waals surface area contributed by atoms with E-state index in [2.05, 4.69) is 21.6 Å². The molecule has 1 atom stereocenters. The predicted octanol–water partition coefficient (Wildman–Crippen LogP) is 1.96. The molecule has 0 spiro atoms. The molecular weight excluding hydrogens is 352 g/mol. The fourth-order valence-corrected chi connectivity index (χ4v) is 3.63. The van der Waals surface area contributed by atoms with Crippen molar-refractivity contribution in [1.29, 1.82) is 0 Å². The molecule has 26 heavy (non-hydrogen) atoms. The van der Waals surface area contributed by atoms with Gasteiger partial charge in [-0.25, -0.2) is 4.98 Å². The van der Waals surface area contributed by atoms with Gasteiger partial charge in [-0.3, -0.25) is 14.9 Å². The molecule has 8 heteroatoms. The predicted molar refractivity (Wildman–Crippen MR) is 96.7 cm³/mol. The zero-order chi connectivity index (χ0) is 18.1. The monoisotopic (exact) mass is 372 g/mol. The number of hydrogen-bond donors (Lipinski definition) is 1. The third-order valence-corrected chi connectivity index (χ3v) is 5.52. The topological polar surface area (TPSA) is 84.4 Å². The molecule has 2 aliphatic rings. The molecule has 7 nitrogen and oxygen atoms in total. The van der Waals surface area contributed by atoms with E-state index in [1.807, 2.05) is 30.3 Å². The number of rotatable bonds is 5. The number of carbonyl (C=O) groups is 2. The second kappa shape index (κ2) is 6.77. The molecule has 1 saturated heterocycles. The fourth-order valence-electron chi connectivity index (χ4n) is 2.92. The molecule has 1 N–H and O–H groups in total. The van der Waals surface area contributed by atoms with Gasteiger partial charge < -0.3 is 9.64 Å². The first kappa shape index (κ1) is 17.1. The van der Waals surface area contributed by atoms with Gasteiger partial charge in [-0.1, -0.05) is 37.3 Å². The average molecular weight is 372 g/mol. The van der Waals surface area contributed by atoms with Crippen LogP contribution < -0.4 is 5.32 Å². The molecule has 1 aromatic carbocycles. The first-order valence-electron chi connectivity index (χ1n) is 8.61. The summed E-state index contributed by atoms with van der Waals surface area (Å²) in [6, 6.07) is 8.94. The average Bonchev–Trinajstić information content (AvgIpc) is 3.21. The number of amides is 2. The van der Waals surface area contributed by atoms with Gasteiger partial charge in [0.25, 0.3) is 5.91 Å². The van der Waals surface area contributed by atoms with Crippen LogP contribution in [0, 0.1) is 0 Å². The lowest BCUT2D eigenvalue weighted by Gasteiger charge is -2.34. The first-order valence-corrected chi connectivity index (χ1v) is 9.39. The second-order valence-electron chi connectivity index (χ2n) is 7.01. The molecule has 1 aliphatic heterocycles. The molecule has 136 valence electrons. The number of benzene rings is 1. The summed E-state index contributed by atoms with van der Waals surface area (Å²) in [5, 5.41) is 3.27. The molecule has 0 radical (unpaired) electrons. The van der Waals surface area contributed by atoms with Gasteiger partial charge in [0.15, 0.2) is 5.82 Å². The minimum Gasteiger partial charge on any atom is -0.369 e. The molecule has 2 amide bonds.